The van der Waals surface area contributed by atoms with Gasteiger partial charge in [-0.15, -0.1) is 0 Å². The van der Waals surface area contributed by atoms with E-state index in [4.69, 9.17) is 27.3 Å². The summed E-state index contributed by atoms with van der Waals surface area (Å²) in [6.07, 6.45) is -5.44. The first-order chi connectivity index (χ1) is 23.1. The van der Waals surface area contributed by atoms with E-state index in [0.717, 1.165) is 5.56 Å². The number of amides is 1. The van der Waals surface area contributed by atoms with Gasteiger partial charge in [-0.2, -0.15) is 5.26 Å². The number of ether oxygens (including phenoxy) is 2. The van der Waals surface area contributed by atoms with Crippen molar-refractivity contribution in [1.29, 1.82) is 5.26 Å². The molecule has 11 nitrogen and oxygen atoms in total. The molecular formula is C36H50N2O9Si2. The summed E-state index contributed by atoms with van der Waals surface area (Å²) in [6.45, 7) is 16.3. The number of hydrogen-bond acceptors (Lipinski definition) is 10. The third-order valence-corrected chi connectivity index (χ3v) is 21.3. The summed E-state index contributed by atoms with van der Waals surface area (Å²) in [5.74, 6) is -2.30. The predicted octanol–water partition coefficient (Wildman–Crippen LogP) is 5.31. The quantitative estimate of drug-likeness (QED) is 0.274. The lowest BCUT2D eigenvalue weighted by Gasteiger charge is -2.66. The van der Waals surface area contributed by atoms with Gasteiger partial charge >= 0.3 is 17.1 Å². The van der Waals surface area contributed by atoms with Gasteiger partial charge < -0.3 is 32.7 Å². The van der Waals surface area contributed by atoms with Crippen LogP contribution in [0.15, 0.2) is 60.7 Å². The molecule has 3 aliphatic heterocycles. The molecule has 2 aromatic rings. The number of carbonyl (C=O) groups excluding carboxylic acids is 1. The van der Waals surface area contributed by atoms with Gasteiger partial charge in [0.1, 0.15) is 48.2 Å². The Labute approximate surface area is 291 Å². The summed E-state index contributed by atoms with van der Waals surface area (Å²) in [4.78, 5) is 19.9. The number of carbonyl (C=O) groups is 1. The van der Waals surface area contributed by atoms with E-state index in [2.05, 4.69) is 61.5 Å². The molecule has 2 aromatic carbocycles. The molecule has 7 atom stereocenters. The fourth-order valence-corrected chi connectivity index (χ4v) is 19.7. The second kappa shape index (κ2) is 12.9. The van der Waals surface area contributed by atoms with Crippen molar-refractivity contribution in [2.24, 2.45) is 0 Å². The van der Waals surface area contributed by atoms with Crippen molar-refractivity contribution in [3.8, 4) is 6.07 Å². The second-order valence-electron chi connectivity index (χ2n) is 15.2. The molecule has 1 saturated carbocycles. The van der Waals surface area contributed by atoms with Crippen molar-refractivity contribution in [3.05, 3.63) is 71.8 Å². The van der Waals surface area contributed by atoms with Crippen LogP contribution in [0.5, 0.6) is 0 Å². The van der Waals surface area contributed by atoms with Crippen molar-refractivity contribution in [2.45, 2.75) is 132 Å². The van der Waals surface area contributed by atoms with E-state index in [1.54, 1.807) is 24.3 Å². The molecule has 266 valence electrons. The number of nitriles is 1. The van der Waals surface area contributed by atoms with Crippen molar-refractivity contribution in [2.75, 3.05) is 6.61 Å². The topological polar surface area (TPSA) is 140 Å². The monoisotopic (exact) mass is 710 g/mol. The highest BCUT2D eigenvalue weighted by molar-refractivity contribution is 6.84. The van der Waals surface area contributed by atoms with E-state index in [1.807, 2.05) is 36.4 Å². The number of nitrogens with zero attached hydrogens (tertiary/aromatic N) is 2. The number of aliphatic hydroxyl groups excluding tert-OH is 1. The molecule has 1 aliphatic carbocycles. The molecule has 0 radical (unpaired) electrons. The summed E-state index contributed by atoms with van der Waals surface area (Å²) in [5.41, 5.74) is -2.56. The van der Waals surface area contributed by atoms with Crippen LogP contribution in [0.1, 0.15) is 72.9 Å². The molecule has 1 amide bonds. The molecular weight excluding hydrogens is 661 g/mol. The zero-order valence-electron chi connectivity index (χ0n) is 29.7. The number of fused-ring (bicyclic) bond motifs is 4. The Hall–Kier alpha value is -2.49. The van der Waals surface area contributed by atoms with Crippen LogP contribution in [0, 0.1) is 11.3 Å². The van der Waals surface area contributed by atoms with Crippen LogP contribution in [0.3, 0.4) is 0 Å². The van der Waals surface area contributed by atoms with E-state index < -0.39 is 65.1 Å². The highest BCUT2D eigenvalue weighted by Crippen LogP contribution is 2.59. The maximum absolute atomic E-state index is 13.7. The highest BCUT2D eigenvalue weighted by Gasteiger charge is 2.79. The van der Waals surface area contributed by atoms with Gasteiger partial charge in [0, 0.05) is 5.56 Å². The minimum atomic E-state index is -3.30. The van der Waals surface area contributed by atoms with Gasteiger partial charge in [-0.1, -0.05) is 116 Å². The van der Waals surface area contributed by atoms with Crippen molar-refractivity contribution >= 4 is 23.0 Å². The van der Waals surface area contributed by atoms with Gasteiger partial charge in [-0.05, 0) is 27.7 Å². The number of hydrogen-bond donors (Lipinski definition) is 2. The van der Waals surface area contributed by atoms with E-state index in [9.17, 15) is 20.3 Å². The minimum absolute atomic E-state index is 0.0501. The molecule has 0 unspecified atom stereocenters. The van der Waals surface area contributed by atoms with Crippen LogP contribution in [-0.2, 0) is 44.5 Å². The summed E-state index contributed by atoms with van der Waals surface area (Å²) < 4.78 is 34.8. The number of aliphatic hydroxyl groups is 2. The Morgan fingerprint density at radius 2 is 1.41 bits per heavy atom. The fourth-order valence-electron chi connectivity index (χ4n) is 8.33. The van der Waals surface area contributed by atoms with E-state index in [0.29, 0.717) is 5.56 Å². The minimum Gasteiger partial charge on any atom is -0.414 e. The molecule has 49 heavy (non-hydrogen) atoms. The van der Waals surface area contributed by atoms with Crippen LogP contribution >= 0.6 is 0 Å². The fraction of sp³-hybridized carbons (Fsp3) is 0.611. The second-order valence-corrected chi connectivity index (χ2v) is 24.0. The van der Waals surface area contributed by atoms with Gasteiger partial charge in [-0.25, -0.2) is 5.06 Å². The normalized spacial score (nSPS) is 35.2. The Kier molecular flexibility index (Phi) is 9.58. The molecule has 3 heterocycles. The summed E-state index contributed by atoms with van der Waals surface area (Å²) >= 11 is 0. The smallest absolute Gasteiger partial charge is 0.335 e. The highest BCUT2D eigenvalue weighted by atomic mass is 28.5. The van der Waals surface area contributed by atoms with Crippen LogP contribution in [0.4, 0.5) is 0 Å². The van der Waals surface area contributed by atoms with E-state index >= 15 is 0 Å². The van der Waals surface area contributed by atoms with Crippen molar-refractivity contribution < 1.29 is 42.3 Å². The predicted molar refractivity (Wildman–Crippen MR) is 184 cm³/mol. The van der Waals surface area contributed by atoms with Gasteiger partial charge in [0.25, 0.3) is 5.79 Å². The summed E-state index contributed by atoms with van der Waals surface area (Å²) in [5, 5.41) is 37.3. The lowest BCUT2D eigenvalue weighted by atomic mass is 9.61. The Bertz CT molecular complexity index is 1540. The molecule has 4 fully saturated rings. The summed E-state index contributed by atoms with van der Waals surface area (Å²) in [6, 6.07) is 20.3. The van der Waals surface area contributed by atoms with Crippen LogP contribution in [-0.4, -0.2) is 80.5 Å². The van der Waals surface area contributed by atoms with Gasteiger partial charge in [0.2, 0.25) is 5.91 Å². The molecule has 6 rings (SSSR count). The molecule has 3 saturated heterocycles. The lowest BCUT2D eigenvalue weighted by Crippen LogP contribution is -2.88. The first-order valence-corrected chi connectivity index (χ1v) is 21.3. The third kappa shape index (κ3) is 5.38. The zero-order valence-corrected chi connectivity index (χ0v) is 31.7. The molecule has 2 N–H and O–H groups in total. The number of hydroxylamine groups is 2. The van der Waals surface area contributed by atoms with E-state index in [-0.39, 0.29) is 41.1 Å². The number of benzene rings is 2. The Morgan fingerprint density at radius 1 is 0.878 bits per heavy atom. The molecule has 1 spiro atoms. The molecule has 0 bridgehead atoms. The van der Waals surface area contributed by atoms with Crippen molar-refractivity contribution in [3.63, 3.8) is 0 Å². The Balaban J connectivity index is 1.55. The van der Waals surface area contributed by atoms with Crippen molar-refractivity contribution in [1.82, 2.24) is 5.06 Å². The largest absolute Gasteiger partial charge is 0.414 e. The average molecular weight is 711 g/mol. The number of β-lactam (4-membered cyclic amide) rings is 1. The first-order valence-electron chi connectivity index (χ1n) is 17.4. The SMILES string of the molecule is CC(C)[Si]1(C(C)C)O[C@@H]2[C@H](O[Si](C(C)C)(C(C)C)O1)[C@]1(O)CO[C@](C#N)(c3ccccc3)O[C@@H]1[C@@H](O)[C@]21CC(=O)N1OCc1ccccc1. The maximum Gasteiger partial charge on any atom is 0.335 e. The third-order valence-electron chi connectivity index (χ3n) is 11.1. The number of rotatable bonds is 8. The summed E-state index contributed by atoms with van der Waals surface area (Å²) in [7, 11) is -6.58. The first kappa shape index (κ1) is 36.3. The zero-order chi connectivity index (χ0) is 35.6. The standard InChI is InChI=1S/C36H50N2O9Si2/c1-23(2)48(24(3)4)45-32-33(46-49(47-48,25(5)6)26(7)8)35(41)22-42-36(21-37,28-17-13-10-14-18-28)44-31(35)30(40)34(32)19-29(39)38(34)43-20-27-15-11-9-12-16-27/h9-18,23-26,30-33,40-41H,19-20,22H2,1-8H3/t30-,31-,32-,33+,34-,35+,36+/m1/s1. The van der Waals surface area contributed by atoms with Crippen LogP contribution in [0.2, 0.25) is 22.2 Å². The average Bonchev–Trinajstić information content (AvgIpc) is 3.26. The van der Waals surface area contributed by atoms with Crippen LogP contribution in [0.25, 0.3) is 0 Å². The van der Waals surface area contributed by atoms with Crippen LogP contribution < -0.4 is 0 Å². The molecule has 0 aromatic heterocycles. The van der Waals surface area contributed by atoms with E-state index in [1.165, 1.54) is 5.06 Å². The molecule has 13 heteroatoms. The van der Waals surface area contributed by atoms with Gasteiger partial charge in [0.15, 0.2) is 0 Å². The molecule has 4 aliphatic rings. The Morgan fingerprint density at radius 3 is 1.92 bits per heavy atom. The maximum atomic E-state index is 13.7. The van der Waals surface area contributed by atoms with Gasteiger partial charge in [-0.3, -0.25) is 9.63 Å². The van der Waals surface area contributed by atoms with Gasteiger partial charge in [0.05, 0.1) is 13.0 Å². The lowest BCUT2D eigenvalue weighted by molar-refractivity contribution is -0.411.